The number of hydrogen-bond donors (Lipinski definition) is 0. The molecule has 0 fully saturated rings. The second-order valence-corrected chi connectivity index (χ2v) is 5.75. The van der Waals surface area contributed by atoms with Crippen LogP contribution < -0.4 is 9.47 Å². The van der Waals surface area contributed by atoms with Gasteiger partial charge >= 0.3 is 0 Å². The molecule has 1 aromatic heterocycles. The van der Waals surface area contributed by atoms with Gasteiger partial charge in [0.2, 0.25) is 0 Å². The van der Waals surface area contributed by atoms with Crippen molar-refractivity contribution in [3.05, 3.63) is 69.4 Å². The lowest BCUT2D eigenvalue weighted by Crippen LogP contribution is -2.09. The summed E-state index contributed by atoms with van der Waals surface area (Å²) in [5, 5.41) is 12.3. The van der Waals surface area contributed by atoms with E-state index in [1.165, 1.54) is 6.07 Å². The Kier molecular flexibility index (Phi) is 5.00. The van der Waals surface area contributed by atoms with Gasteiger partial charge in [-0.1, -0.05) is 11.6 Å². The van der Waals surface area contributed by atoms with E-state index in [0.717, 1.165) is 5.39 Å². The predicted octanol–water partition coefficient (Wildman–Crippen LogP) is 4.56. The van der Waals surface area contributed by atoms with E-state index in [9.17, 15) is 10.1 Å². The number of aryl methyl sites for hydroxylation is 1. The lowest BCUT2D eigenvalue weighted by atomic mass is 10.2. The Morgan fingerprint density at radius 1 is 1.16 bits per heavy atom. The molecule has 3 aromatic rings. The van der Waals surface area contributed by atoms with Crippen LogP contribution >= 0.6 is 11.6 Å². The molecule has 0 amide bonds. The van der Waals surface area contributed by atoms with Crippen molar-refractivity contribution in [3.63, 3.8) is 0 Å². The van der Waals surface area contributed by atoms with E-state index >= 15 is 0 Å². The molecule has 0 saturated carbocycles. The van der Waals surface area contributed by atoms with E-state index in [2.05, 4.69) is 4.98 Å². The third kappa shape index (κ3) is 3.80. The minimum absolute atomic E-state index is 0.0716. The van der Waals surface area contributed by atoms with Crippen molar-refractivity contribution in [2.75, 3.05) is 13.2 Å². The monoisotopic (exact) mass is 358 g/mol. The molecule has 3 rings (SSSR count). The van der Waals surface area contributed by atoms with Gasteiger partial charge in [-0.15, -0.1) is 0 Å². The summed E-state index contributed by atoms with van der Waals surface area (Å²) in [4.78, 5) is 14.7. The van der Waals surface area contributed by atoms with E-state index < -0.39 is 4.92 Å². The van der Waals surface area contributed by atoms with Crippen molar-refractivity contribution < 1.29 is 14.4 Å². The van der Waals surface area contributed by atoms with Crippen molar-refractivity contribution in [3.8, 4) is 11.5 Å². The molecule has 25 heavy (non-hydrogen) atoms. The number of aromatic nitrogens is 1. The van der Waals surface area contributed by atoms with Gasteiger partial charge in [0.25, 0.3) is 5.69 Å². The fourth-order valence-corrected chi connectivity index (χ4v) is 2.68. The van der Waals surface area contributed by atoms with Crippen molar-refractivity contribution in [2.24, 2.45) is 0 Å². The molecule has 0 spiro atoms. The van der Waals surface area contributed by atoms with Gasteiger partial charge in [0.1, 0.15) is 30.2 Å². The minimum atomic E-state index is -0.416. The molecule has 0 radical (unpaired) electrons. The number of rotatable bonds is 6. The van der Waals surface area contributed by atoms with E-state index in [1.54, 1.807) is 37.4 Å². The molecule has 0 unspecified atom stereocenters. The molecule has 0 bridgehead atoms. The normalized spacial score (nSPS) is 10.6. The molecule has 0 aliphatic carbocycles. The summed E-state index contributed by atoms with van der Waals surface area (Å²) < 4.78 is 11.3. The maximum Gasteiger partial charge on any atom is 0.272 e. The summed E-state index contributed by atoms with van der Waals surface area (Å²) in [6.45, 7) is 2.28. The Balaban J connectivity index is 1.62. The van der Waals surface area contributed by atoms with Gasteiger partial charge in [0.05, 0.1) is 9.95 Å². The molecule has 0 aliphatic rings. The summed E-state index contributed by atoms with van der Waals surface area (Å²) >= 11 is 6.15. The standard InChI is InChI=1S/C18H15ClN2O4/c1-12-11-13(4-6-16(12)21(22)23)24-9-10-25-17-7-5-15(19)14-3-2-8-20-18(14)17/h2-8,11H,9-10H2,1H3. The molecular weight excluding hydrogens is 344 g/mol. The van der Waals surface area contributed by atoms with Crippen LogP contribution in [0.5, 0.6) is 11.5 Å². The number of halogens is 1. The molecular formula is C18H15ClN2O4. The largest absolute Gasteiger partial charge is 0.490 e. The van der Waals surface area contributed by atoms with Gasteiger partial charge < -0.3 is 9.47 Å². The first-order chi connectivity index (χ1) is 12.1. The van der Waals surface area contributed by atoms with Crippen molar-refractivity contribution >= 4 is 28.2 Å². The highest BCUT2D eigenvalue weighted by molar-refractivity contribution is 6.35. The molecule has 0 aliphatic heterocycles. The quantitative estimate of drug-likeness (QED) is 0.367. The van der Waals surface area contributed by atoms with E-state index in [1.807, 2.05) is 12.1 Å². The smallest absolute Gasteiger partial charge is 0.272 e. The number of hydrogen-bond acceptors (Lipinski definition) is 5. The molecule has 0 saturated heterocycles. The van der Waals surface area contributed by atoms with E-state index in [0.29, 0.717) is 40.8 Å². The van der Waals surface area contributed by atoms with Crippen molar-refractivity contribution in [1.29, 1.82) is 0 Å². The van der Waals surface area contributed by atoms with Crippen LogP contribution in [0.3, 0.4) is 0 Å². The first-order valence-corrected chi connectivity index (χ1v) is 7.98. The number of pyridine rings is 1. The van der Waals surface area contributed by atoms with Gasteiger partial charge in [-0.3, -0.25) is 15.1 Å². The van der Waals surface area contributed by atoms with Gasteiger partial charge in [0, 0.05) is 23.2 Å². The summed E-state index contributed by atoms with van der Waals surface area (Å²) in [6, 6.07) is 11.9. The van der Waals surface area contributed by atoms with Crippen LogP contribution in [0.15, 0.2) is 48.7 Å². The summed E-state index contributed by atoms with van der Waals surface area (Å²) in [5.74, 6) is 1.19. The number of nitro groups is 1. The third-order valence-corrected chi connectivity index (χ3v) is 3.98. The topological polar surface area (TPSA) is 74.5 Å². The van der Waals surface area contributed by atoms with Gasteiger partial charge in [-0.25, -0.2) is 0 Å². The molecule has 1 heterocycles. The fraction of sp³-hybridized carbons (Fsp3) is 0.167. The van der Waals surface area contributed by atoms with Gasteiger partial charge in [-0.2, -0.15) is 0 Å². The molecule has 2 aromatic carbocycles. The van der Waals surface area contributed by atoms with Crippen LogP contribution in [0.25, 0.3) is 10.9 Å². The van der Waals surface area contributed by atoms with Gasteiger partial charge in [0.15, 0.2) is 0 Å². The van der Waals surface area contributed by atoms with Crippen LogP contribution in [0.1, 0.15) is 5.56 Å². The predicted molar refractivity (Wildman–Crippen MR) is 95.6 cm³/mol. The Labute approximate surface area is 149 Å². The van der Waals surface area contributed by atoms with Crippen LogP contribution in [0.2, 0.25) is 5.02 Å². The van der Waals surface area contributed by atoms with Crippen LogP contribution in [-0.4, -0.2) is 23.1 Å². The van der Waals surface area contributed by atoms with Crippen molar-refractivity contribution in [2.45, 2.75) is 6.92 Å². The average molecular weight is 359 g/mol. The Morgan fingerprint density at radius 3 is 2.72 bits per heavy atom. The zero-order chi connectivity index (χ0) is 17.8. The Morgan fingerprint density at radius 2 is 1.96 bits per heavy atom. The number of fused-ring (bicyclic) bond motifs is 1. The number of nitrogens with zero attached hydrogens (tertiary/aromatic N) is 2. The number of nitro benzene ring substituents is 1. The minimum Gasteiger partial charge on any atom is -0.490 e. The zero-order valence-corrected chi connectivity index (χ0v) is 14.2. The Hall–Kier alpha value is -2.86. The van der Waals surface area contributed by atoms with Gasteiger partial charge in [-0.05, 0) is 43.3 Å². The molecule has 6 nitrogen and oxygen atoms in total. The molecule has 0 atom stereocenters. The number of benzene rings is 2. The van der Waals surface area contributed by atoms with Crippen LogP contribution in [0.4, 0.5) is 5.69 Å². The SMILES string of the molecule is Cc1cc(OCCOc2ccc(Cl)c3cccnc23)ccc1[N+](=O)[O-]. The maximum absolute atomic E-state index is 10.8. The lowest BCUT2D eigenvalue weighted by molar-refractivity contribution is -0.385. The second-order valence-electron chi connectivity index (χ2n) is 5.35. The maximum atomic E-state index is 10.8. The first-order valence-electron chi connectivity index (χ1n) is 7.60. The third-order valence-electron chi connectivity index (χ3n) is 3.65. The summed E-state index contributed by atoms with van der Waals surface area (Å²) in [6.07, 6.45) is 1.68. The molecule has 128 valence electrons. The second kappa shape index (κ2) is 7.36. The fourth-order valence-electron chi connectivity index (χ4n) is 2.46. The van der Waals surface area contributed by atoms with Crippen LogP contribution in [-0.2, 0) is 0 Å². The van der Waals surface area contributed by atoms with Crippen LogP contribution in [0, 0.1) is 17.0 Å². The van der Waals surface area contributed by atoms with Crippen molar-refractivity contribution in [1.82, 2.24) is 4.98 Å². The molecule has 7 heteroatoms. The highest BCUT2D eigenvalue weighted by Gasteiger charge is 2.11. The average Bonchev–Trinajstić information content (AvgIpc) is 2.60. The van der Waals surface area contributed by atoms with E-state index in [-0.39, 0.29) is 5.69 Å². The Bertz CT molecular complexity index is 930. The number of ether oxygens (including phenoxy) is 2. The zero-order valence-electron chi connectivity index (χ0n) is 13.4. The first kappa shape index (κ1) is 17.0. The summed E-state index contributed by atoms with van der Waals surface area (Å²) in [7, 11) is 0. The summed E-state index contributed by atoms with van der Waals surface area (Å²) in [5.41, 5.74) is 1.32. The highest BCUT2D eigenvalue weighted by Crippen LogP contribution is 2.29. The van der Waals surface area contributed by atoms with E-state index in [4.69, 9.17) is 21.1 Å². The highest BCUT2D eigenvalue weighted by atomic mass is 35.5. The molecule has 0 N–H and O–H groups in total. The lowest BCUT2D eigenvalue weighted by Gasteiger charge is -2.11.